The number of rotatable bonds is 3. The third-order valence-corrected chi connectivity index (χ3v) is 2.91. The molecule has 1 saturated heterocycles. The van der Waals surface area contributed by atoms with Crippen LogP contribution in [0.3, 0.4) is 0 Å². The molecule has 0 spiro atoms. The molecule has 1 unspecified atom stereocenters. The summed E-state index contributed by atoms with van der Waals surface area (Å²) in [5.41, 5.74) is 0. The molecule has 0 aliphatic carbocycles. The van der Waals surface area contributed by atoms with Crippen LogP contribution in [0.15, 0.2) is 16.5 Å². The molecule has 1 aliphatic heterocycles. The number of aliphatic carboxylic acids is 1. The Kier molecular flexibility index (Phi) is 3.55. The lowest BCUT2D eigenvalue weighted by Crippen LogP contribution is -2.57. The summed E-state index contributed by atoms with van der Waals surface area (Å²) in [5, 5.41) is 11.4. The van der Waals surface area contributed by atoms with Gasteiger partial charge in [0.25, 0.3) is 5.91 Å². The molecule has 1 aliphatic rings. The van der Waals surface area contributed by atoms with Crippen LogP contribution >= 0.6 is 0 Å². The van der Waals surface area contributed by atoms with Gasteiger partial charge in [-0.25, -0.2) is 0 Å². The highest BCUT2D eigenvalue weighted by Gasteiger charge is 2.36. The van der Waals surface area contributed by atoms with E-state index in [1.165, 1.54) is 11.0 Å². The fourth-order valence-electron chi connectivity index (χ4n) is 2.02. The molecular formula is C12H14N2O5. The number of nitrogens with one attached hydrogen (secondary N) is 1. The monoisotopic (exact) mass is 266 g/mol. The first-order chi connectivity index (χ1) is 8.99. The topological polar surface area (TPSA) is 99.9 Å². The van der Waals surface area contributed by atoms with Gasteiger partial charge < -0.3 is 19.7 Å². The van der Waals surface area contributed by atoms with Gasteiger partial charge in [-0.15, -0.1) is 0 Å². The van der Waals surface area contributed by atoms with E-state index in [1.54, 1.807) is 13.0 Å². The SMILES string of the molecule is Cc1ccc(C(=O)N2CCNC(=O)C2CC(=O)O)o1. The quantitative estimate of drug-likeness (QED) is 0.802. The molecule has 2 N–H and O–H groups in total. The number of carbonyl (C=O) groups excluding carboxylic acids is 2. The van der Waals surface area contributed by atoms with E-state index in [0.717, 1.165) is 0 Å². The summed E-state index contributed by atoms with van der Waals surface area (Å²) in [5.74, 6) is -1.35. The van der Waals surface area contributed by atoms with Crippen molar-refractivity contribution in [2.24, 2.45) is 0 Å². The van der Waals surface area contributed by atoms with Crippen molar-refractivity contribution >= 4 is 17.8 Å². The van der Waals surface area contributed by atoms with Crippen LogP contribution < -0.4 is 5.32 Å². The number of aryl methyl sites for hydroxylation is 1. The number of hydrogen-bond donors (Lipinski definition) is 2. The molecule has 1 aromatic heterocycles. The highest BCUT2D eigenvalue weighted by Crippen LogP contribution is 2.15. The Morgan fingerprint density at radius 2 is 2.26 bits per heavy atom. The molecule has 2 amide bonds. The largest absolute Gasteiger partial charge is 0.481 e. The zero-order chi connectivity index (χ0) is 14.0. The normalized spacial score (nSPS) is 19.1. The van der Waals surface area contributed by atoms with E-state index in [4.69, 9.17) is 9.52 Å². The number of furan rings is 1. The van der Waals surface area contributed by atoms with E-state index in [1.807, 2.05) is 0 Å². The van der Waals surface area contributed by atoms with Crippen molar-refractivity contribution in [2.75, 3.05) is 13.1 Å². The van der Waals surface area contributed by atoms with E-state index < -0.39 is 30.2 Å². The first-order valence-electron chi connectivity index (χ1n) is 5.86. The van der Waals surface area contributed by atoms with Gasteiger partial charge in [0.1, 0.15) is 11.8 Å². The van der Waals surface area contributed by atoms with Gasteiger partial charge in [0, 0.05) is 13.1 Å². The van der Waals surface area contributed by atoms with Crippen LogP contribution in [0.25, 0.3) is 0 Å². The van der Waals surface area contributed by atoms with Crippen LogP contribution in [0, 0.1) is 6.92 Å². The molecule has 2 rings (SSSR count). The third-order valence-electron chi connectivity index (χ3n) is 2.91. The van der Waals surface area contributed by atoms with E-state index in [-0.39, 0.29) is 12.3 Å². The minimum absolute atomic E-state index is 0.114. The fourth-order valence-corrected chi connectivity index (χ4v) is 2.02. The summed E-state index contributed by atoms with van der Waals surface area (Å²) in [6.07, 6.45) is -0.419. The molecular weight excluding hydrogens is 252 g/mol. The van der Waals surface area contributed by atoms with Crippen LogP contribution in [-0.4, -0.2) is 46.9 Å². The molecule has 0 radical (unpaired) electrons. The van der Waals surface area contributed by atoms with Crippen LogP contribution in [0.2, 0.25) is 0 Å². The van der Waals surface area contributed by atoms with Crippen molar-refractivity contribution in [3.8, 4) is 0 Å². The molecule has 1 fully saturated rings. The maximum atomic E-state index is 12.2. The zero-order valence-electron chi connectivity index (χ0n) is 10.4. The lowest BCUT2D eigenvalue weighted by Gasteiger charge is -2.33. The molecule has 102 valence electrons. The van der Waals surface area contributed by atoms with Crippen LogP contribution in [0.5, 0.6) is 0 Å². The summed E-state index contributed by atoms with van der Waals surface area (Å²) < 4.78 is 5.22. The van der Waals surface area contributed by atoms with Gasteiger partial charge >= 0.3 is 5.97 Å². The highest BCUT2D eigenvalue weighted by molar-refractivity contribution is 5.97. The smallest absolute Gasteiger partial charge is 0.305 e. The van der Waals surface area contributed by atoms with Gasteiger partial charge in [0.15, 0.2) is 5.76 Å². The van der Waals surface area contributed by atoms with Gasteiger partial charge in [-0.2, -0.15) is 0 Å². The number of carboxylic acids is 1. The number of piperazine rings is 1. The Labute approximate surface area is 109 Å². The van der Waals surface area contributed by atoms with E-state index >= 15 is 0 Å². The molecule has 0 aromatic carbocycles. The van der Waals surface area contributed by atoms with Crippen molar-refractivity contribution in [3.05, 3.63) is 23.7 Å². The molecule has 7 nitrogen and oxygen atoms in total. The fraction of sp³-hybridized carbons (Fsp3) is 0.417. The Hall–Kier alpha value is -2.31. The van der Waals surface area contributed by atoms with Crippen molar-refractivity contribution in [1.82, 2.24) is 10.2 Å². The van der Waals surface area contributed by atoms with Gasteiger partial charge in [-0.1, -0.05) is 0 Å². The number of hydrogen-bond acceptors (Lipinski definition) is 4. The number of nitrogens with zero attached hydrogens (tertiary/aromatic N) is 1. The minimum Gasteiger partial charge on any atom is -0.481 e. The second-order valence-electron chi connectivity index (χ2n) is 4.31. The molecule has 2 heterocycles. The number of amides is 2. The maximum Gasteiger partial charge on any atom is 0.305 e. The standard InChI is InChI=1S/C12H14N2O5/c1-7-2-3-9(19-7)12(18)14-5-4-13-11(17)8(14)6-10(15)16/h2-3,8H,4-6H2,1H3,(H,13,17)(H,15,16). The summed E-state index contributed by atoms with van der Waals surface area (Å²) in [7, 11) is 0. The van der Waals surface area contributed by atoms with Gasteiger partial charge in [0.05, 0.1) is 6.42 Å². The molecule has 1 atom stereocenters. The van der Waals surface area contributed by atoms with E-state index in [0.29, 0.717) is 12.3 Å². The number of carboxylic acid groups (broad SMARTS) is 1. The van der Waals surface area contributed by atoms with Crippen LogP contribution in [-0.2, 0) is 9.59 Å². The predicted molar refractivity (Wildman–Crippen MR) is 63.5 cm³/mol. The van der Waals surface area contributed by atoms with Crippen molar-refractivity contribution in [2.45, 2.75) is 19.4 Å². The summed E-state index contributed by atoms with van der Waals surface area (Å²) in [4.78, 5) is 35.9. The zero-order valence-corrected chi connectivity index (χ0v) is 10.4. The van der Waals surface area contributed by atoms with Crippen molar-refractivity contribution in [1.29, 1.82) is 0 Å². The summed E-state index contributed by atoms with van der Waals surface area (Å²) in [6, 6.07) is 2.16. The average molecular weight is 266 g/mol. The first-order valence-corrected chi connectivity index (χ1v) is 5.86. The Morgan fingerprint density at radius 1 is 1.53 bits per heavy atom. The molecule has 19 heavy (non-hydrogen) atoms. The molecule has 0 saturated carbocycles. The third kappa shape index (κ3) is 2.75. The Bertz CT molecular complexity index is 522. The second kappa shape index (κ2) is 5.13. The predicted octanol–water partition coefficient (Wildman–Crippen LogP) is 0.00332. The number of carbonyl (C=O) groups is 3. The lowest BCUT2D eigenvalue weighted by atomic mass is 10.1. The van der Waals surface area contributed by atoms with Crippen LogP contribution in [0.4, 0.5) is 0 Å². The first kappa shape index (κ1) is 13.1. The molecule has 0 bridgehead atoms. The average Bonchev–Trinajstić information content (AvgIpc) is 2.77. The van der Waals surface area contributed by atoms with Gasteiger partial charge in [-0.05, 0) is 19.1 Å². The minimum atomic E-state index is -1.13. The summed E-state index contributed by atoms with van der Waals surface area (Å²) >= 11 is 0. The van der Waals surface area contributed by atoms with Gasteiger partial charge in [-0.3, -0.25) is 14.4 Å². The van der Waals surface area contributed by atoms with E-state index in [9.17, 15) is 14.4 Å². The lowest BCUT2D eigenvalue weighted by molar-refractivity contribution is -0.142. The molecule has 1 aromatic rings. The Balaban J connectivity index is 2.22. The van der Waals surface area contributed by atoms with Crippen molar-refractivity contribution < 1.29 is 23.9 Å². The molecule has 7 heteroatoms. The van der Waals surface area contributed by atoms with Crippen molar-refractivity contribution in [3.63, 3.8) is 0 Å². The van der Waals surface area contributed by atoms with E-state index in [2.05, 4.69) is 5.32 Å². The van der Waals surface area contributed by atoms with Gasteiger partial charge in [0.2, 0.25) is 5.91 Å². The van der Waals surface area contributed by atoms with Crippen LogP contribution in [0.1, 0.15) is 22.7 Å². The Morgan fingerprint density at radius 3 is 2.84 bits per heavy atom. The maximum absolute atomic E-state index is 12.2. The second-order valence-corrected chi connectivity index (χ2v) is 4.31. The summed E-state index contributed by atoms with van der Waals surface area (Å²) in [6.45, 7) is 2.27. The highest BCUT2D eigenvalue weighted by atomic mass is 16.4.